The van der Waals surface area contributed by atoms with Crippen LogP contribution < -0.4 is 24.4 Å². The maximum absolute atomic E-state index is 12.7. The van der Waals surface area contributed by atoms with Crippen molar-refractivity contribution in [3.63, 3.8) is 0 Å². The summed E-state index contributed by atoms with van der Waals surface area (Å²) in [5.41, 5.74) is 3.01. The molecule has 1 amide bonds. The number of rotatable bonds is 5. The summed E-state index contributed by atoms with van der Waals surface area (Å²) in [6.07, 6.45) is 2.17. The predicted octanol–water partition coefficient (Wildman–Crippen LogP) is 2.13. The number of likely N-dealkylation sites (tertiary alicyclic amines) is 1. The summed E-state index contributed by atoms with van der Waals surface area (Å²) in [7, 11) is 1.62. The van der Waals surface area contributed by atoms with Crippen LogP contribution in [0.15, 0.2) is 36.4 Å². The first kappa shape index (κ1) is 18.6. The Morgan fingerprint density at radius 1 is 1.18 bits per heavy atom. The number of aryl methyl sites for hydroxylation is 1. The van der Waals surface area contributed by atoms with Crippen molar-refractivity contribution in [1.29, 1.82) is 0 Å². The molecular formula is C22H27N2O4+. The first-order chi connectivity index (χ1) is 13.6. The van der Waals surface area contributed by atoms with E-state index in [9.17, 15) is 4.79 Å². The van der Waals surface area contributed by atoms with Crippen LogP contribution in [-0.4, -0.2) is 39.3 Å². The summed E-state index contributed by atoms with van der Waals surface area (Å²) >= 11 is 0. The summed E-state index contributed by atoms with van der Waals surface area (Å²) in [6, 6.07) is 12.2. The van der Waals surface area contributed by atoms with Crippen LogP contribution in [0, 0.1) is 6.92 Å². The minimum atomic E-state index is 0.00310. The second kappa shape index (κ2) is 8.10. The van der Waals surface area contributed by atoms with E-state index in [2.05, 4.69) is 17.4 Å². The lowest BCUT2D eigenvalue weighted by molar-refractivity contribution is -0.910. The SMILES string of the molecule is COc1ccc(C)cc1NC(=O)C[NH+]1CCC[C@H]1c1ccc2c(c1)OCCO2. The van der Waals surface area contributed by atoms with Gasteiger partial charge in [-0.3, -0.25) is 4.79 Å². The molecule has 1 unspecified atom stereocenters. The van der Waals surface area contributed by atoms with Crippen LogP contribution >= 0.6 is 0 Å². The first-order valence-corrected chi connectivity index (χ1v) is 9.82. The lowest BCUT2D eigenvalue weighted by Crippen LogP contribution is -3.11. The number of nitrogens with one attached hydrogen (secondary N) is 2. The minimum Gasteiger partial charge on any atom is -0.495 e. The summed E-state index contributed by atoms with van der Waals surface area (Å²) in [5.74, 6) is 2.30. The smallest absolute Gasteiger partial charge is 0.279 e. The van der Waals surface area contributed by atoms with Crippen molar-refractivity contribution in [2.75, 3.05) is 38.7 Å². The molecule has 6 heteroatoms. The molecule has 2 heterocycles. The zero-order valence-electron chi connectivity index (χ0n) is 16.4. The van der Waals surface area contributed by atoms with E-state index in [0.29, 0.717) is 31.5 Å². The zero-order chi connectivity index (χ0) is 19.5. The Morgan fingerprint density at radius 2 is 2.00 bits per heavy atom. The molecule has 0 aliphatic carbocycles. The van der Waals surface area contributed by atoms with E-state index in [-0.39, 0.29) is 5.91 Å². The molecule has 1 saturated heterocycles. The molecule has 0 radical (unpaired) electrons. The fourth-order valence-electron chi connectivity index (χ4n) is 4.12. The maximum atomic E-state index is 12.7. The van der Waals surface area contributed by atoms with Gasteiger partial charge in [-0.1, -0.05) is 6.07 Å². The average Bonchev–Trinajstić information content (AvgIpc) is 3.15. The Hall–Kier alpha value is -2.73. The fraction of sp³-hybridized carbons (Fsp3) is 0.409. The normalized spacial score (nSPS) is 20.6. The van der Waals surface area contributed by atoms with Gasteiger partial charge >= 0.3 is 0 Å². The van der Waals surface area contributed by atoms with Crippen molar-refractivity contribution in [2.24, 2.45) is 0 Å². The summed E-state index contributed by atoms with van der Waals surface area (Å²) in [6.45, 7) is 4.58. The number of hydrogen-bond donors (Lipinski definition) is 2. The van der Waals surface area contributed by atoms with Crippen molar-refractivity contribution < 1.29 is 23.9 Å². The highest BCUT2D eigenvalue weighted by Gasteiger charge is 2.32. The van der Waals surface area contributed by atoms with Crippen molar-refractivity contribution in [3.8, 4) is 17.2 Å². The third-order valence-electron chi connectivity index (χ3n) is 5.47. The third kappa shape index (κ3) is 3.92. The highest BCUT2D eigenvalue weighted by molar-refractivity contribution is 5.93. The molecule has 148 valence electrons. The number of carbonyl (C=O) groups is 1. The van der Waals surface area contributed by atoms with Crippen LogP contribution in [0.4, 0.5) is 5.69 Å². The second-order valence-corrected chi connectivity index (χ2v) is 7.43. The number of hydrogen-bond acceptors (Lipinski definition) is 4. The summed E-state index contributed by atoms with van der Waals surface area (Å²) in [4.78, 5) is 14.0. The topological polar surface area (TPSA) is 61.2 Å². The van der Waals surface area contributed by atoms with E-state index in [1.54, 1.807) is 7.11 Å². The first-order valence-electron chi connectivity index (χ1n) is 9.82. The van der Waals surface area contributed by atoms with Gasteiger partial charge in [0.2, 0.25) is 0 Å². The highest BCUT2D eigenvalue weighted by Crippen LogP contribution is 2.33. The monoisotopic (exact) mass is 383 g/mol. The second-order valence-electron chi connectivity index (χ2n) is 7.43. The van der Waals surface area contributed by atoms with E-state index in [1.165, 1.54) is 10.5 Å². The van der Waals surface area contributed by atoms with E-state index in [4.69, 9.17) is 14.2 Å². The number of quaternary nitrogens is 1. The van der Waals surface area contributed by atoms with E-state index < -0.39 is 0 Å². The molecule has 1 fully saturated rings. The molecular weight excluding hydrogens is 356 g/mol. The van der Waals surface area contributed by atoms with E-state index in [1.807, 2.05) is 31.2 Å². The van der Waals surface area contributed by atoms with Gasteiger partial charge in [-0.2, -0.15) is 0 Å². The Labute approximate surface area is 165 Å². The fourth-order valence-corrected chi connectivity index (χ4v) is 4.12. The van der Waals surface area contributed by atoms with Gasteiger partial charge in [-0.05, 0) is 42.8 Å². The van der Waals surface area contributed by atoms with Gasteiger partial charge in [0.1, 0.15) is 25.0 Å². The molecule has 0 spiro atoms. The molecule has 2 aliphatic heterocycles. The van der Waals surface area contributed by atoms with Gasteiger partial charge in [-0.15, -0.1) is 0 Å². The minimum absolute atomic E-state index is 0.00310. The zero-order valence-corrected chi connectivity index (χ0v) is 16.4. The van der Waals surface area contributed by atoms with E-state index >= 15 is 0 Å². The maximum Gasteiger partial charge on any atom is 0.279 e. The van der Waals surface area contributed by atoms with Gasteiger partial charge in [0.25, 0.3) is 5.91 Å². The number of ether oxygens (including phenoxy) is 3. The Kier molecular flexibility index (Phi) is 5.39. The Balaban J connectivity index is 1.45. The summed E-state index contributed by atoms with van der Waals surface area (Å²) < 4.78 is 16.7. The molecule has 2 aromatic rings. The highest BCUT2D eigenvalue weighted by atomic mass is 16.6. The van der Waals surface area contributed by atoms with E-state index in [0.717, 1.165) is 42.1 Å². The molecule has 0 saturated carbocycles. The largest absolute Gasteiger partial charge is 0.495 e. The summed E-state index contributed by atoms with van der Waals surface area (Å²) in [5, 5.41) is 3.02. The molecule has 2 N–H and O–H groups in total. The van der Waals surface area contributed by atoms with Crippen molar-refractivity contribution in [2.45, 2.75) is 25.8 Å². The van der Waals surface area contributed by atoms with Gasteiger partial charge < -0.3 is 24.4 Å². The molecule has 0 aromatic heterocycles. The van der Waals surface area contributed by atoms with Crippen LogP contribution in [-0.2, 0) is 4.79 Å². The van der Waals surface area contributed by atoms with Crippen molar-refractivity contribution in [1.82, 2.24) is 0 Å². The number of carbonyl (C=O) groups excluding carboxylic acids is 1. The molecule has 4 rings (SSSR count). The predicted molar refractivity (Wildman–Crippen MR) is 106 cm³/mol. The van der Waals surface area contributed by atoms with Crippen LogP contribution in [0.3, 0.4) is 0 Å². The van der Waals surface area contributed by atoms with Crippen molar-refractivity contribution >= 4 is 11.6 Å². The molecule has 2 aromatic carbocycles. The quantitative estimate of drug-likeness (QED) is 0.831. The molecule has 0 bridgehead atoms. The Morgan fingerprint density at radius 3 is 2.82 bits per heavy atom. The van der Waals surface area contributed by atoms with Crippen LogP contribution in [0.25, 0.3) is 0 Å². The lowest BCUT2D eigenvalue weighted by atomic mass is 10.0. The van der Waals surface area contributed by atoms with Crippen molar-refractivity contribution in [3.05, 3.63) is 47.5 Å². The molecule has 6 nitrogen and oxygen atoms in total. The molecule has 2 aliphatic rings. The average molecular weight is 383 g/mol. The molecule has 2 atom stereocenters. The van der Waals surface area contributed by atoms with Crippen LogP contribution in [0.2, 0.25) is 0 Å². The lowest BCUT2D eigenvalue weighted by Gasteiger charge is -2.24. The standard InChI is InChI=1S/C22H26N2O4/c1-15-5-7-19(26-2)17(12-15)23-22(25)14-24-9-3-4-18(24)16-6-8-20-21(13-16)28-11-10-27-20/h5-8,12-13,18H,3-4,9-11,14H2,1-2H3,(H,23,25)/p+1/t18-/m0/s1. The Bertz CT molecular complexity index is 868. The van der Waals surface area contributed by atoms with Gasteiger partial charge in [-0.25, -0.2) is 0 Å². The van der Waals surface area contributed by atoms with Gasteiger partial charge in [0.15, 0.2) is 18.0 Å². The number of anilines is 1. The van der Waals surface area contributed by atoms with Gasteiger partial charge in [0, 0.05) is 18.4 Å². The number of methoxy groups -OCH3 is 1. The molecule has 28 heavy (non-hydrogen) atoms. The van der Waals surface area contributed by atoms with Crippen LogP contribution in [0.1, 0.15) is 30.0 Å². The van der Waals surface area contributed by atoms with Crippen LogP contribution in [0.5, 0.6) is 17.2 Å². The van der Waals surface area contributed by atoms with Gasteiger partial charge in [0.05, 0.1) is 19.3 Å². The third-order valence-corrected chi connectivity index (χ3v) is 5.47. The number of fused-ring (bicyclic) bond motifs is 1. The number of benzene rings is 2. The number of amides is 1.